The van der Waals surface area contributed by atoms with Gasteiger partial charge in [0.25, 0.3) is 5.91 Å². The van der Waals surface area contributed by atoms with Crippen LogP contribution in [0.15, 0.2) is 101 Å². The summed E-state index contributed by atoms with van der Waals surface area (Å²) < 4.78 is 11.2. The molecule has 5 nitrogen and oxygen atoms in total. The molecule has 0 bridgehead atoms. The number of hydrogen-bond donors (Lipinski definition) is 0. The van der Waals surface area contributed by atoms with Crippen LogP contribution in [0.1, 0.15) is 27.4 Å². The van der Waals surface area contributed by atoms with Gasteiger partial charge in [-0.05, 0) is 65.6 Å². The number of fused-ring (bicyclic) bond motifs is 1. The van der Waals surface area contributed by atoms with Crippen LogP contribution in [0.2, 0.25) is 0 Å². The summed E-state index contributed by atoms with van der Waals surface area (Å²) in [5, 5.41) is 0. The van der Waals surface area contributed by atoms with E-state index in [-0.39, 0.29) is 12.5 Å². The third-order valence-corrected chi connectivity index (χ3v) is 5.97. The molecule has 1 heterocycles. The minimum Gasteiger partial charge on any atom is -0.497 e. The lowest BCUT2D eigenvalue weighted by molar-refractivity contribution is 0.0715. The number of aromatic nitrogens is 1. The number of amides is 1. The van der Waals surface area contributed by atoms with E-state index in [1.54, 1.807) is 12.0 Å². The van der Waals surface area contributed by atoms with E-state index in [1.165, 1.54) is 0 Å². The maximum absolute atomic E-state index is 13.6. The third-order valence-electron chi connectivity index (χ3n) is 5.97. The van der Waals surface area contributed by atoms with Crippen molar-refractivity contribution in [3.05, 3.63) is 120 Å². The predicted octanol–water partition coefficient (Wildman–Crippen LogP) is 6.65. The summed E-state index contributed by atoms with van der Waals surface area (Å²) in [6.45, 7) is 2.70. The second kappa shape index (κ2) is 9.85. The number of aryl methyl sites for hydroxylation is 1. The van der Waals surface area contributed by atoms with Crippen LogP contribution in [0.4, 0.5) is 0 Å². The molecule has 35 heavy (non-hydrogen) atoms. The molecule has 0 atom stereocenters. The maximum atomic E-state index is 13.6. The van der Waals surface area contributed by atoms with Crippen molar-refractivity contribution in [1.29, 1.82) is 0 Å². The van der Waals surface area contributed by atoms with Crippen molar-refractivity contribution >= 4 is 17.0 Å². The van der Waals surface area contributed by atoms with E-state index in [2.05, 4.69) is 17.1 Å². The molecular formula is C30H26N2O3. The minimum atomic E-state index is -0.0844. The number of carbonyl (C=O) groups excluding carboxylic acids is 1. The molecule has 4 aromatic carbocycles. The van der Waals surface area contributed by atoms with Gasteiger partial charge in [0.2, 0.25) is 5.89 Å². The molecule has 1 amide bonds. The van der Waals surface area contributed by atoms with Crippen molar-refractivity contribution in [2.24, 2.45) is 0 Å². The van der Waals surface area contributed by atoms with Crippen LogP contribution in [0.25, 0.3) is 22.2 Å². The molecule has 0 aliphatic heterocycles. The molecule has 0 saturated heterocycles. The summed E-state index contributed by atoms with van der Waals surface area (Å²) in [6.07, 6.45) is 0. The van der Waals surface area contributed by atoms with Crippen molar-refractivity contribution in [2.45, 2.75) is 20.0 Å². The average Bonchev–Trinajstić information content (AvgIpc) is 3.30. The van der Waals surface area contributed by atoms with Crippen LogP contribution in [0.3, 0.4) is 0 Å². The van der Waals surface area contributed by atoms with Gasteiger partial charge in [-0.3, -0.25) is 4.79 Å². The smallest absolute Gasteiger partial charge is 0.254 e. The largest absolute Gasteiger partial charge is 0.497 e. The zero-order valence-electron chi connectivity index (χ0n) is 19.8. The van der Waals surface area contributed by atoms with Crippen LogP contribution in [-0.2, 0) is 13.1 Å². The molecule has 5 rings (SSSR count). The highest BCUT2D eigenvalue weighted by molar-refractivity contribution is 5.94. The highest BCUT2D eigenvalue weighted by Crippen LogP contribution is 2.23. The zero-order valence-corrected chi connectivity index (χ0v) is 19.8. The second-order valence-electron chi connectivity index (χ2n) is 8.53. The number of nitrogens with zero attached hydrogens (tertiary/aromatic N) is 2. The van der Waals surface area contributed by atoms with Gasteiger partial charge in [-0.25, -0.2) is 4.98 Å². The lowest BCUT2D eigenvalue weighted by Gasteiger charge is -2.22. The first-order valence-electron chi connectivity index (χ1n) is 11.5. The number of carbonyl (C=O) groups is 1. The van der Waals surface area contributed by atoms with E-state index in [1.807, 2.05) is 91.9 Å². The normalized spacial score (nSPS) is 10.9. The van der Waals surface area contributed by atoms with Crippen molar-refractivity contribution < 1.29 is 13.9 Å². The van der Waals surface area contributed by atoms with Gasteiger partial charge in [-0.2, -0.15) is 0 Å². The molecule has 0 aliphatic rings. The topological polar surface area (TPSA) is 55.6 Å². The van der Waals surface area contributed by atoms with Crippen LogP contribution in [0, 0.1) is 6.92 Å². The van der Waals surface area contributed by atoms with Crippen LogP contribution < -0.4 is 4.74 Å². The standard InChI is InChI=1S/C30H26N2O3/c1-21-8-17-28-27(18-21)31-29(35-28)20-32(19-22-9-15-26(34-2)16-10-22)30(33)25-13-11-24(12-14-25)23-6-4-3-5-7-23/h3-18H,19-20H2,1-2H3. The van der Waals surface area contributed by atoms with Gasteiger partial charge >= 0.3 is 0 Å². The zero-order chi connectivity index (χ0) is 24.2. The Morgan fingerprint density at radius 2 is 1.57 bits per heavy atom. The lowest BCUT2D eigenvalue weighted by Crippen LogP contribution is -2.30. The molecule has 0 spiro atoms. The van der Waals surface area contributed by atoms with Crippen molar-refractivity contribution in [1.82, 2.24) is 9.88 Å². The number of ether oxygens (including phenoxy) is 1. The Labute approximate surface area is 204 Å². The predicted molar refractivity (Wildman–Crippen MR) is 137 cm³/mol. The van der Waals surface area contributed by atoms with Gasteiger partial charge in [-0.1, -0.05) is 60.7 Å². The summed E-state index contributed by atoms with van der Waals surface area (Å²) in [5.41, 5.74) is 6.42. The molecule has 1 aromatic heterocycles. The number of methoxy groups -OCH3 is 1. The Balaban J connectivity index is 1.43. The first kappa shape index (κ1) is 22.4. The quantitative estimate of drug-likeness (QED) is 0.272. The van der Waals surface area contributed by atoms with E-state index in [4.69, 9.17) is 9.15 Å². The second-order valence-corrected chi connectivity index (χ2v) is 8.53. The highest BCUT2D eigenvalue weighted by atomic mass is 16.5. The van der Waals surface area contributed by atoms with Crippen LogP contribution >= 0.6 is 0 Å². The fraction of sp³-hybridized carbons (Fsp3) is 0.133. The molecule has 5 aromatic rings. The number of hydrogen-bond acceptors (Lipinski definition) is 4. The van der Waals surface area contributed by atoms with Gasteiger partial charge < -0.3 is 14.1 Å². The SMILES string of the molecule is COc1ccc(CN(Cc2nc3cc(C)ccc3o2)C(=O)c2ccc(-c3ccccc3)cc2)cc1. The lowest BCUT2D eigenvalue weighted by atomic mass is 10.0. The van der Waals surface area contributed by atoms with Crippen molar-refractivity contribution in [2.75, 3.05) is 7.11 Å². The summed E-state index contributed by atoms with van der Waals surface area (Å²) >= 11 is 0. The van der Waals surface area contributed by atoms with Gasteiger partial charge in [0.05, 0.1) is 13.7 Å². The number of benzene rings is 4. The summed E-state index contributed by atoms with van der Waals surface area (Å²) in [5.74, 6) is 1.20. The van der Waals surface area contributed by atoms with E-state index < -0.39 is 0 Å². The fourth-order valence-electron chi connectivity index (χ4n) is 4.09. The van der Waals surface area contributed by atoms with E-state index in [0.29, 0.717) is 18.0 Å². The Hall–Kier alpha value is -4.38. The van der Waals surface area contributed by atoms with E-state index >= 15 is 0 Å². The molecule has 0 saturated carbocycles. The van der Waals surface area contributed by atoms with Gasteiger partial charge in [0.1, 0.15) is 11.3 Å². The van der Waals surface area contributed by atoms with Crippen molar-refractivity contribution in [3.8, 4) is 16.9 Å². The molecular weight excluding hydrogens is 436 g/mol. The minimum absolute atomic E-state index is 0.0844. The van der Waals surface area contributed by atoms with E-state index in [0.717, 1.165) is 39.1 Å². The maximum Gasteiger partial charge on any atom is 0.254 e. The Bertz CT molecular complexity index is 1440. The molecule has 0 unspecified atom stereocenters. The monoisotopic (exact) mass is 462 g/mol. The van der Waals surface area contributed by atoms with E-state index in [9.17, 15) is 4.79 Å². The van der Waals surface area contributed by atoms with Crippen LogP contribution in [0.5, 0.6) is 5.75 Å². The Kier molecular flexibility index (Phi) is 6.31. The fourth-order valence-corrected chi connectivity index (χ4v) is 4.09. The highest BCUT2D eigenvalue weighted by Gasteiger charge is 2.20. The first-order chi connectivity index (χ1) is 17.1. The van der Waals surface area contributed by atoms with Crippen molar-refractivity contribution in [3.63, 3.8) is 0 Å². The number of oxazole rings is 1. The number of rotatable bonds is 7. The van der Waals surface area contributed by atoms with Gasteiger partial charge in [0, 0.05) is 12.1 Å². The molecule has 0 N–H and O–H groups in total. The average molecular weight is 463 g/mol. The summed E-state index contributed by atoms with van der Waals surface area (Å²) in [7, 11) is 1.64. The third kappa shape index (κ3) is 5.09. The Morgan fingerprint density at radius 3 is 2.29 bits per heavy atom. The Morgan fingerprint density at radius 1 is 0.857 bits per heavy atom. The molecule has 174 valence electrons. The van der Waals surface area contributed by atoms with Crippen LogP contribution in [-0.4, -0.2) is 22.9 Å². The molecule has 0 radical (unpaired) electrons. The molecule has 5 heteroatoms. The summed E-state index contributed by atoms with van der Waals surface area (Å²) in [4.78, 5) is 20.0. The summed E-state index contributed by atoms with van der Waals surface area (Å²) in [6, 6.07) is 31.5. The van der Waals surface area contributed by atoms with Gasteiger partial charge in [0.15, 0.2) is 5.58 Å². The van der Waals surface area contributed by atoms with Gasteiger partial charge in [-0.15, -0.1) is 0 Å². The molecule has 0 aliphatic carbocycles. The first-order valence-corrected chi connectivity index (χ1v) is 11.5. The molecule has 0 fully saturated rings.